The van der Waals surface area contributed by atoms with Crippen LogP contribution >= 0.6 is 23.2 Å². The first kappa shape index (κ1) is 20.7. The zero-order valence-corrected chi connectivity index (χ0v) is 17.1. The van der Waals surface area contributed by atoms with Crippen LogP contribution in [0, 0.1) is 0 Å². The highest BCUT2D eigenvalue weighted by atomic mass is 35.5. The van der Waals surface area contributed by atoms with Crippen LogP contribution in [0.4, 0.5) is 0 Å². The van der Waals surface area contributed by atoms with Crippen molar-refractivity contribution in [3.63, 3.8) is 0 Å². The molecule has 0 spiro atoms. The van der Waals surface area contributed by atoms with E-state index in [4.69, 9.17) is 27.9 Å². The molecule has 0 saturated heterocycles. The molecular weight excluding hydrogens is 417 g/mol. The first-order valence-electron chi connectivity index (χ1n) is 8.48. The van der Waals surface area contributed by atoms with E-state index in [0.29, 0.717) is 26.9 Å². The highest BCUT2D eigenvalue weighted by Crippen LogP contribution is 2.24. The number of rotatable bonds is 5. The second kappa shape index (κ2) is 8.55. The van der Waals surface area contributed by atoms with E-state index in [-0.39, 0.29) is 18.1 Å². The first-order valence-corrected chi connectivity index (χ1v) is 9.24. The smallest absolute Gasteiger partial charge is 0.296 e. The van der Waals surface area contributed by atoms with Crippen molar-refractivity contribution in [1.82, 2.24) is 14.9 Å². The summed E-state index contributed by atoms with van der Waals surface area (Å²) in [6.07, 6.45) is 0. The van der Waals surface area contributed by atoms with Crippen LogP contribution in [0.3, 0.4) is 0 Å². The van der Waals surface area contributed by atoms with Crippen molar-refractivity contribution >= 4 is 29.1 Å². The van der Waals surface area contributed by atoms with Crippen molar-refractivity contribution in [1.29, 1.82) is 0 Å². The lowest BCUT2D eigenvalue weighted by atomic mass is 10.2. The summed E-state index contributed by atoms with van der Waals surface area (Å²) in [5.41, 5.74) is 0.148. The lowest BCUT2D eigenvalue weighted by Gasteiger charge is -2.12. The Morgan fingerprint density at radius 1 is 1.21 bits per heavy atom. The van der Waals surface area contributed by atoms with Gasteiger partial charge in [0.25, 0.3) is 11.5 Å². The van der Waals surface area contributed by atoms with Gasteiger partial charge < -0.3 is 15.2 Å². The molecule has 7 nitrogen and oxygen atoms in total. The Kier molecular flexibility index (Phi) is 6.10. The third kappa shape index (κ3) is 4.36. The quantitative estimate of drug-likeness (QED) is 0.642. The summed E-state index contributed by atoms with van der Waals surface area (Å²) in [5, 5.41) is 13.5. The van der Waals surface area contributed by atoms with Crippen molar-refractivity contribution in [2.24, 2.45) is 7.05 Å². The number of aromatic hydroxyl groups is 1. The van der Waals surface area contributed by atoms with E-state index in [0.717, 1.165) is 0 Å². The van der Waals surface area contributed by atoms with E-state index in [1.54, 1.807) is 42.5 Å². The molecular formula is C20H17Cl2N3O4. The van der Waals surface area contributed by atoms with E-state index in [2.05, 4.69) is 10.3 Å². The van der Waals surface area contributed by atoms with Gasteiger partial charge in [0.05, 0.1) is 17.2 Å². The van der Waals surface area contributed by atoms with Gasteiger partial charge in [-0.3, -0.25) is 14.2 Å². The second-order valence-electron chi connectivity index (χ2n) is 6.16. The van der Waals surface area contributed by atoms with Gasteiger partial charge in [-0.25, -0.2) is 4.98 Å². The van der Waals surface area contributed by atoms with Gasteiger partial charge in [-0.1, -0.05) is 41.4 Å². The van der Waals surface area contributed by atoms with Gasteiger partial charge in [-0.15, -0.1) is 0 Å². The van der Waals surface area contributed by atoms with Gasteiger partial charge in [0.15, 0.2) is 5.69 Å². The van der Waals surface area contributed by atoms with Crippen LogP contribution < -0.4 is 15.6 Å². The van der Waals surface area contributed by atoms with E-state index in [1.807, 2.05) is 0 Å². The van der Waals surface area contributed by atoms with Crippen LogP contribution in [0.5, 0.6) is 11.5 Å². The van der Waals surface area contributed by atoms with Crippen molar-refractivity contribution < 1.29 is 14.6 Å². The van der Waals surface area contributed by atoms with Crippen molar-refractivity contribution in [2.75, 3.05) is 7.11 Å². The fourth-order valence-corrected chi connectivity index (χ4v) is 3.01. The van der Waals surface area contributed by atoms with Crippen LogP contribution in [0.15, 0.2) is 47.3 Å². The van der Waals surface area contributed by atoms with Crippen LogP contribution in [-0.4, -0.2) is 27.7 Å². The van der Waals surface area contributed by atoms with Crippen LogP contribution in [0.1, 0.15) is 16.1 Å². The number of carbonyl (C=O) groups is 1. The van der Waals surface area contributed by atoms with Crippen LogP contribution in [0.2, 0.25) is 10.0 Å². The number of hydrogen-bond acceptors (Lipinski definition) is 5. The third-order valence-electron chi connectivity index (χ3n) is 4.25. The third-order valence-corrected chi connectivity index (χ3v) is 4.99. The molecule has 0 unspecified atom stereocenters. The first-order chi connectivity index (χ1) is 13.8. The lowest BCUT2D eigenvalue weighted by Crippen LogP contribution is -2.29. The Bertz CT molecular complexity index is 1150. The molecule has 2 aromatic carbocycles. The molecule has 0 aliphatic heterocycles. The summed E-state index contributed by atoms with van der Waals surface area (Å²) >= 11 is 11.9. The molecule has 0 fully saturated rings. The minimum absolute atomic E-state index is 0.112. The molecule has 0 aliphatic rings. The molecule has 0 aliphatic carbocycles. The van der Waals surface area contributed by atoms with Gasteiger partial charge in [0.1, 0.15) is 11.6 Å². The predicted octanol–water partition coefficient (Wildman–Crippen LogP) is 3.40. The number of carbonyl (C=O) groups excluding carboxylic acids is 1. The monoisotopic (exact) mass is 433 g/mol. The average molecular weight is 434 g/mol. The number of ether oxygens (including phenoxy) is 1. The molecule has 0 radical (unpaired) electrons. The minimum Gasteiger partial charge on any atom is -0.501 e. The number of nitrogens with zero attached hydrogens (tertiary/aromatic N) is 2. The van der Waals surface area contributed by atoms with Crippen LogP contribution in [-0.2, 0) is 13.6 Å². The Morgan fingerprint density at radius 2 is 1.97 bits per heavy atom. The summed E-state index contributed by atoms with van der Waals surface area (Å²) in [4.78, 5) is 29.2. The molecule has 2 N–H and O–H groups in total. The molecule has 0 bridgehead atoms. The zero-order valence-electron chi connectivity index (χ0n) is 15.6. The molecule has 1 heterocycles. The summed E-state index contributed by atoms with van der Waals surface area (Å²) < 4.78 is 6.36. The van der Waals surface area contributed by atoms with E-state index >= 15 is 0 Å². The molecule has 150 valence electrons. The van der Waals surface area contributed by atoms with Crippen LogP contribution in [0.25, 0.3) is 11.4 Å². The second-order valence-corrected chi connectivity index (χ2v) is 6.97. The Hall–Kier alpha value is -3.03. The van der Waals surface area contributed by atoms with Crippen molar-refractivity contribution in [3.05, 3.63) is 74.1 Å². The molecule has 9 heteroatoms. The summed E-state index contributed by atoms with van der Waals surface area (Å²) in [7, 11) is 2.98. The molecule has 29 heavy (non-hydrogen) atoms. The van der Waals surface area contributed by atoms with Gasteiger partial charge in [-0.2, -0.15) is 0 Å². The van der Waals surface area contributed by atoms with E-state index in [1.165, 1.54) is 18.7 Å². The van der Waals surface area contributed by atoms with Crippen molar-refractivity contribution in [2.45, 2.75) is 6.54 Å². The normalized spacial score (nSPS) is 10.6. The van der Waals surface area contributed by atoms with Gasteiger partial charge >= 0.3 is 0 Å². The summed E-state index contributed by atoms with van der Waals surface area (Å²) in [6.45, 7) is 0.112. The molecule has 0 atom stereocenters. The standard InChI is InChI=1S/C20H17Cl2N3O4/c1-25-18(12-4-3-5-13(9-12)29-2)24-16(17(26)20(25)28)19(27)23-10-11-6-7-14(21)15(22)8-11/h3-9,26H,10H2,1-2H3,(H,23,27). The molecule has 3 aromatic rings. The summed E-state index contributed by atoms with van der Waals surface area (Å²) in [6, 6.07) is 11.8. The van der Waals surface area contributed by atoms with Gasteiger partial charge in [0, 0.05) is 19.2 Å². The molecule has 1 amide bonds. The number of halogens is 2. The van der Waals surface area contributed by atoms with E-state index < -0.39 is 17.2 Å². The SMILES string of the molecule is COc1cccc(-c2nc(C(=O)NCc3ccc(Cl)c(Cl)c3)c(O)c(=O)n2C)c1. The lowest BCUT2D eigenvalue weighted by molar-refractivity contribution is 0.0942. The number of hydrogen-bond donors (Lipinski definition) is 2. The Morgan fingerprint density at radius 3 is 2.66 bits per heavy atom. The van der Waals surface area contributed by atoms with Crippen molar-refractivity contribution in [3.8, 4) is 22.9 Å². The highest BCUT2D eigenvalue weighted by molar-refractivity contribution is 6.42. The zero-order chi connectivity index (χ0) is 21.1. The largest absolute Gasteiger partial charge is 0.501 e. The fraction of sp³-hybridized carbons (Fsp3) is 0.150. The number of amides is 1. The Labute approximate surface area is 176 Å². The molecule has 1 aromatic heterocycles. The maximum Gasteiger partial charge on any atom is 0.296 e. The fourth-order valence-electron chi connectivity index (χ4n) is 2.68. The highest BCUT2D eigenvalue weighted by Gasteiger charge is 2.21. The van der Waals surface area contributed by atoms with E-state index in [9.17, 15) is 14.7 Å². The van der Waals surface area contributed by atoms with Gasteiger partial charge in [0.2, 0.25) is 5.75 Å². The minimum atomic E-state index is -0.738. The average Bonchev–Trinajstić information content (AvgIpc) is 2.73. The maximum absolute atomic E-state index is 12.6. The number of methoxy groups -OCH3 is 1. The predicted molar refractivity (Wildman–Crippen MR) is 111 cm³/mol. The number of nitrogens with one attached hydrogen (secondary N) is 1. The molecule has 0 saturated carbocycles. The number of aromatic nitrogens is 2. The summed E-state index contributed by atoms with van der Waals surface area (Å²) in [5.74, 6) is -0.650. The Balaban J connectivity index is 1.94. The topological polar surface area (TPSA) is 93.5 Å². The maximum atomic E-state index is 12.6. The number of benzene rings is 2. The molecule has 3 rings (SSSR count). The van der Waals surface area contributed by atoms with Gasteiger partial charge in [-0.05, 0) is 29.8 Å².